The van der Waals surface area contributed by atoms with Crippen molar-refractivity contribution in [2.45, 2.75) is 39.2 Å². The molecule has 3 rings (SSSR count). The van der Waals surface area contributed by atoms with Gasteiger partial charge in [0.05, 0.1) is 18.2 Å². The molecular weight excluding hydrogens is 318 g/mol. The molecule has 1 atom stereocenters. The van der Waals surface area contributed by atoms with Crippen molar-refractivity contribution in [1.82, 2.24) is 15.0 Å². The van der Waals surface area contributed by atoms with Crippen molar-refractivity contribution in [2.75, 3.05) is 18.5 Å². The number of nitrogens with zero attached hydrogens (tertiary/aromatic N) is 2. The number of rotatable bonds is 5. The Morgan fingerprint density at radius 1 is 1.44 bits per heavy atom. The average Bonchev–Trinajstić information content (AvgIpc) is 2.65. The molecule has 1 fully saturated rings. The number of hydrogen-bond donors (Lipinski definition) is 3. The van der Waals surface area contributed by atoms with Crippen molar-refractivity contribution >= 4 is 12.0 Å². The number of H-pyrrole nitrogens is 1. The minimum atomic E-state index is -0.319. The van der Waals surface area contributed by atoms with Crippen molar-refractivity contribution < 1.29 is 4.74 Å². The van der Waals surface area contributed by atoms with Crippen molar-refractivity contribution in [3.8, 4) is 0 Å². The molecule has 2 aromatic rings. The van der Waals surface area contributed by atoms with Crippen molar-refractivity contribution in [3.05, 3.63) is 51.8 Å². The summed E-state index contributed by atoms with van der Waals surface area (Å²) in [5.41, 5.74) is 0.741. The number of hydrogen-bond acceptors (Lipinski definition) is 6. The first-order valence-electron chi connectivity index (χ1n) is 8.64. The number of aromatic nitrogens is 3. The highest BCUT2D eigenvalue weighted by atomic mass is 16.5. The summed E-state index contributed by atoms with van der Waals surface area (Å²) in [5, 5.41) is 10.7. The van der Waals surface area contributed by atoms with Crippen LogP contribution < -0.4 is 10.9 Å². The van der Waals surface area contributed by atoms with Crippen LogP contribution in [0.15, 0.2) is 29.2 Å². The van der Waals surface area contributed by atoms with E-state index in [2.05, 4.69) is 20.3 Å². The fourth-order valence-electron chi connectivity index (χ4n) is 2.58. The Balaban J connectivity index is 0.00000109. The van der Waals surface area contributed by atoms with Crippen LogP contribution in [0.25, 0.3) is 0 Å². The van der Waals surface area contributed by atoms with Gasteiger partial charge in [-0.25, -0.2) is 4.98 Å². The van der Waals surface area contributed by atoms with Gasteiger partial charge in [0, 0.05) is 31.1 Å². The number of nitrogens with one attached hydrogen (secondary N) is 3. The van der Waals surface area contributed by atoms with Crippen LogP contribution in [0.5, 0.6) is 0 Å². The Hall–Kier alpha value is -2.54. The molecule has 1 aliphatic heterocycles. The molecule has 1 aliphatic rings. The third kappa shape index (κ3) is 5.22. The number of anilines is 1. The molecule has 3 N–H and O–H groups in total. The van der Waals surface area contributed by atoms with Crippen LogP contribution >= 0.6 is 0 Å². The van der Waals surface area contributed by atoms with E-state index < -0.39 is 0 Å². The molecule has 0 radical (unpaired) electrons. The molecule has 25 heavy (non-hydrogen) atoms. The molecule has 0 aliphatic carbocycles. The van der Waals surface area contributed by atoms with E-state index in [-0.39, 0.29) is 17.2 Å². The van der Waals surface area contributed by atoms with Crippen LogP contribution in [0.3, 0.4) is 0 Å². The van der Waals surface area contributed by atoms with E-state index in [1.807, 2.05) is 32.0 Å². The average molecular weight is 343 g/mol. The molecule has 0 aromatic carbocycles. The van der Waals surface area contributed by atoms with Gasteiger partial charge >= 0.3 is 0 Å². The van der Waals surface area contributed by atoms with Crippen LogP contribution in [0.1, 0.15) is 43.8 Å². The highest BCUT2D eigenvalue weighted by Gasteiger charge is 2.17. The largest absolute Gasteiger partial charge is 0.379 e. The maximum Gasteiger partial charge on any atom is 0.261 e. The molecule has 134 valence electrons. The van der Waals surface area contributed by atoms with Gasteiger partial charge in [-0.15, -0.1) is 0 Å². The molecule has 0 spiro atoms. The minimum absolute atomic E-state index is 0.111. The first-order chi connectivity index (χ1) is 12.3. The van der Waals surface area contributed by atoms with E-state index >= 15 is 0 Å². The summed E-state index contributed by atoms with van der Waals surface area (Å²) in [4.78, 5) is 23.6. The van der Waals surface area contributed by atoms with Crippen LogP contribution in [-0.4, -0.2) is 40.4 Å². The molecule has 7 nitrogen and oxygen atoms in total. The molecule has 0 amide bonds. The van der Waals surface area contributed by atoms with E-state index in [0.717, 1.165) is 31.4 Å². The molecule has 1 unspecified atom stereocenters. The Bertz CT molecular complexity index is 724. The van der Waals surface area contributed by atoms with E-state index in [1.54, 1.807) is 6.20 Å². The SMILES string of the molecule is CC.N=Cc1c(NC2CCCOC2)nc(Cc2ccccn2)[nH]c1=O. The lowest BCUT2D eigenvalue weighted by Gasteiger charge is -2.24. The third-order valence-corrected chi connectivity index (χ3v) is 3.72. The Labute approximate surface area is 147 Å². The predicted molar refractivity (Wildman–Crippen MR) is 98.6 cm³/mol. The van der Waals surface area contributed by atoms with Gasteiger partial charge in [0.25, 0.3) is 5.56 Å². The van der Waals surface area contributed by atoms with E-state index in [9.17, 15) is 4.79 Å². The summed E-state index contributed by atoms with van der Waals surface area (Å²) in [5.74, 6) is 0.962. The zero-order valence-electron chi connectivity index (χ0n) is 14.7. The molecule has 2 aromatic heterocycles. The fourth-order valence-corrected chi connectivity index (χ4v) is 2.58. The molecule has 3 heterocycles. The minimum Gasteiger partial charge on any atom is -0.379 e. The highest BCUT2D eigenvalue weighted by Crippen LogP contribution is 2.14. The Morgan fingerprint density at radius 3 is 2.92 bits per heavy atom. The second-order valence-corrected chi connectivity index (χ2v) is 5.48. The van der Waals surface area contributed by atoms with Crippen LogP contribution in [0.4, 0.5) is 5.82 Å². The zero-order chi connectivity index (χ0) is 18.1. The summed E-state index contributed by atoms with van der Waals surface area (Å²) < 4.78 is 5.44. The lowest BCUT2D eigenvalue weighted by molar-refractivity contribution is 0.0875. The molecular formula is C18H25N5O2. The van der Waals surface area contributed by atoms with Gasteiger partial charge in [0.1, 0.15) is 11.6 Å². The Morgan fingerprint density at radius 2 is 2.28 bits per heavy atom. The van der Waals surface area contributed by atoms with Crippen LogP contribution in [0, 0.1) is 5.41 Å². The van der Waals surface area contributed by atoms with Crippen molar-refractivity contribution in [3.63, 3.8) is 0 Å². The van der Waals surface area contributed by atoms with Gasteiger partial charge in [-0.1, -0.05) is 19.9 Å². The first-order valence-corrected chi connectivity index (χ1v) is 8.64. The number of pyridine rings is 1. The molecule has 0 bridgehead atoms. The Kier molecular flexibility index (Phi) is 7.28. The normalized spacial score (nSPS) is 16.5. The predicted octanol–water partition coefficient (Wildman–Crippen LogP) is 2.37. The zero-order valence-corrected chi connectivity index (χ0v) is 14.7. The van der Waals surface area contributed by atoms with E-state index in [1.165, 1.54) is 0 Å². The first kappa shape index (κ1) is 18.8. The molecule has 7 heteroatoms. The van der Waals surface area contributed by atoms with Gasteiger partial charge in [-0.2, -0.15) is 0 Å². The highest BCUT2D eigenvalue weighted by molar-refractivity contribution is 5.83. The summed E-state index contributed by atoms with van der Waals surface area (Å²) in [6, 6.07) is 5.73. The van der Waals surface area contributed by atoms with Gasteiger partial charge < -0.3 is 20.4 Å². The summed E-state index contributed by atoms with van der Waals surface area (Å²) >= 11 is 0. The van der Waals surface area contributed by atoms with Crippen LogP contribution in [0.2, 0.25) is 0 Å². The quantitative estimate of drug-likeness (QED) is 0.723. The fraction of sp³-hybridized carbons (Fsp3) is 0.444. The standard InChI is InChI=1S/C16H19N5O2.C2H6/c17-9-13-15(19-12-5-3-7-23-10-12)20-14(21-16(13)22)8-11-4-1-2-6-18-11;1-2/h1-2,4,6,9,12,17H,3,5,7-8,10H2,(H2,19,20,21,22);1-2H3. The van der Waals surface area contributed by atoms with Crippen molar-refractivity contribution in [1.29, 1.82) is 5.41 Å². The topological polar surface area (TPSA) is 104 Å². The van der Waals surface area contributed by atoms with Crippen LogP contribution in [-0.2, 0) is 11.2 Å². The lowest BCUT2D eigenvalue weighted by atomic mass is 10.1. The van der Waals surface area contributed by atoms with Gasteiger partial charge in [0.2, 0.25) is 0 Å². The number of aromatic amines is 1. The second-order valence-electron chi connectivity index (χ2n) is 5.48. The molecule has 0 saturated carbocycles. The maximum absolute atomic E-state index is 12.2. The van der Waals surface area contributed by atoms with Crippen molar-refractivity contribution in [2.24, 2.45) is 0 Å². The summed E-state index contributed by atoms with van der Waals surface area (Å²) in [7, 11) is 0. The molecule has 1 saturated heterocycles. The summed E-state index contributed by atoms with van der Waals surface area (Å²) in [6.45, 7) is 5.35. The van der Waals surface area contributed by atoms with E-state index in [4.69, 9.17) is 10.1 Å². The lowest BCUT2D eigenvalue weighted by Crippen LogP contribution is -2.32. The smallest absolute Gasteiger partial charge is 0.261 e. The maximum atomic E-state index is 12.2. The second kappa shape index (κ2) is 9.68. The van der Waals surface area contributed by atoms with E-state index in [0.29, 0.717) is 24.7 Å². The van der Waals surface area contributed by atoms with Gasteiger partial charge in [0.15, 0.2) is 0 Å². The summed E-state index contributed by atoms with van der Waals surface area (Å²) in [6.07, 6.45) is 5.10. The number of ether oxygens (including phenoxy) is 1. The third-order valence-electron chi connectivity index (χ3n) is 3.72. The van der Waals surface area contributed by atoms with Gasteiger partial charge in [-0.3, -0.25) is 9.78 Å². The monoisotopic (exact) mass is 343 g/mol. The van der Waals surface area contributed by atoms with Gasteiger partial charge in [-0.05, 0) is 25.0 Å².